The number of furan rings is 1. The van der Waals surface area contributed by atoms with Crippen LogP contribution in [0.5, 0.6) is 0 Å². The van der Waals surface area contributed by atoms with E-state index in [9.17, 15) is 9.59 Å². The van der Waals surface area contributed by atoms with Crippen LogP contribution in [-0.4, -0.2) is 17.9 Å². The summed E-state index contributed by atoms with van der Waals surface area (Å²) in [4.78, 5) is 25.8. The van der Waals surface area contributed by atoms with Gasteiger partial charge in [-0.2, -0.15) is 0 Å². The Morgan fingerprint density at radius 1 is 1.24 bits per heavy atom. The second-order valence-corrected chi connectivity index (χ2v) is 5.23. The molecule has 1 aliphatic heterocycles. The minimum Gasteiger partial charge on any atom is -0.463 e. The molecule has 108 valence electrons. The molecular weight excluding hydrogens is 268 g/mol. The van der Waals surface area contributed by atoms with Crippen LogP contribution in [0, 0.1) is 6.92 Å². The van der Waals surface area contributed by atoms with E-state index in [0.717, 1.165) is 11.3 Å². The van der Waals surface area contributed by atoms with Gasteiger partial charge in [0, 0.05) is 0 Å². The molecule has 1 aromatic heterocycles. The zero-order chi connectivity index (χ0) is 14.8. The van der Waals surface area contributed by atoms with Gasteiger partial charge < -0.3 is 9.73 Å². The summed E-state index contributed by atoms with van der Waals surface area (Å²) in [7, 11) is 0. The van der Waals surface area contributed by atoms with Crippen molar-refractivity contribution in [1.82, 2.24) is 0 Å². The first kappa shape index (κ1) is 13.6. The van der Waals surface area contributed by atoms with Crippen LogP contribution in [0.2, 0.25) is 0 Å². The Balaban J connectivity index is 1.71. The SMILES string of the molecule is Cc1ccc(N2C(=O)C[C@@H]([NH2+]Cc3ccco3)C2=O)cc1. The van der Waals surface area contributed by atoms with Crippen molar-refractivity contribution in [3.05, 3.63) is 54.0 Å². The summed E-state index contributed by atoms with van der Waals surface area (Å²) < 4.78 is 5.24. The Kier molecular flexibility index (Phi) is 3.58. The maximum absolute atomic E-state index is 12.4. The first-order valence-electron chi connectivity index (χ1n) is 6.94. The van der Waals surface area contributed by atoms with Crippen molar-refractivity contribution in [2.45, 2.75) is 25.9 Å². The molecule has 0 aliphatic carbocycles. The molecule has 0 saturated carbocycles. The van der Waals surface area contributed by atoms with Gasteiger partial charge in [0.15, 0.2) is 11.8 Å². The van der Waals surface area contributed by atoms with Crippen molar-refractivity contribution >= 4 is 17.5 Å². The van der Waals surface area contributed by atoms with Crippen LogP contribution < -0.4 is 10.2 Å². The average Bonchev–Trinajstić information content (AvgIpc) is 3.07. The summed E-state index contributed by atoms with van der Waals surface area (Å²) in [5.41, 5.74) is 1.74. The van der Waals surface area contributed by atoms with Crippen LogP contribution in [0.4, 0.5) is 5.69 Å². The minimum absolute atomic E-state index is 0.149. The molecule has 0 bridgehead atoms. The van der Waals surface area contributed by atoms with Gasteiger partial charge >= 0.3 is 0 Å². The summed E-state index contributed by atoms with van der Waals surface area (Å²) in [5.74, 6) is 0.490. The third-order valence-electron chi connectivity index (χ3n) is 3.66. The number of quaternary nitrogens is 1. The van der Waals surface area contributed by atoms with Crippen LogP contribution >= 0.6 is 0 Å². The first-order valence-corrected chi connectivity index (χ1v) is 6.94. The van der Waals surface area contributed by atoms with Crippen LogP contribution in [0.3, 0.4) is 0 Å². The summed E-state index contributed by atoms with van der Waals surface area (Å²) >= 11 is 0. The Hall–Kier alpha value is -2.40. The van der Waals surface area contributed by atoms with Gasteiger partial charge in [0.2, 0.25) is 5.91 Å². The highest BCUT2D eigenvalue weighted by Crippen LogP contribution is 2.22. The number of imide groups is 1. The van der Waals surface area contributed by atoms with Gasteiger partial charge in [-0.25, -0.2) is 4.90 Å². The lowest BCUT2D eigenvalue weighted by Gasteiger charge is -2.14. The minimum atomic E-state index is -0.371. The topological polar surface area (TPSA) is 67.1 Å². The Labute approximate surface area is 122 Å². The maximum Gasteiger partial charge on any atom is 0.292 e. The van der Waals surface area contributed by atoms with E-state index in [1.165, 1.54) is 4.90 Å². The molecule has 2 amide bonds. The normalized spacial score (nSPS) is 18.5. The number of hydrogen-bond donors (Lipinski definition) is 1. The van der Waals surface area contributed by atoms with Crippen LogP contribution in [0.15, 0.2) is 47.1 Å². The van der Waals surface area contributed by atoms with Gasteiger partial charge in [-0.1, -0.05) is 17.7 Å². The molecule has 1 aliphatic rings. The van der Waals surface area contributed by atoms with E-state index in [4.69, 9.17) is 4.42 Å². The Bertz CT molecular complexity index is 647. The molecule has 2 N–H and O–H groups in total. The van der Waals surface area contributed by atoms with Crippen molar-refractivity contribution < 1.29 is 19.3 Å². The van der Waals surface area contributed by atoms with E-state index in [2.05, 4.69) is 0 Å². The highest BCUT2D eigenvalue weighted by molar-refractivity contribution is 6.21. The lowest BCUT2D eigenvalue weighted by Crippen LogP contribution is -2.90. The van der Waals surface area contributed by atoms with Gasteiger partial charge in [-0.15, -0.1) is 0 Å². The monoisotopic (exact) mass is 285 g/mol. The van der Waals surface area contributed by atoms with E-state index >= 15 is 0 Å². The number of carbonyl (C=O) groups is 2. The van der Waals surface area contributed by atoms with Crippen LogP contribution in [-0.2, 0) is 16.1 Å². The first-order chi connectivity index (χ1) is 10.1. The number of nitrogens with two attached hydrogens (primary N) is 1. The van der Waals surface area contributed by atoms with Gasteiger partial charge in [0.1, 0.15) is 6.54 Å². The summed E-state index contributed by atoms with van der Waals surface area (Å²) in [6.45, 7) is 2.52. The molecule has 0 spiro atoms. The van der Waals surface area contributed by atoms with Gasteiger partial charge in [-0.05, 0) is 31.2 Å². The number of hydrogen-bond acceptors (Lipinski definition) is 3. The number of benzene rings is 1. The number of anilines is 1. The molecule has 21 heavy (non-hydrogen) atoms. The van der Waals surface area contributed by atoms with E-state index in [1.807, 2.05) is 36.5 Å². The molecule has 1 aromatic carbocycles. The summed E-state index contributed by atoms with van der Waals surface area (Å²) in [6, 6.07) is 10.7. The second-order valence-electron chi connectivity index (χ2n) is 5.23. The van der Waals surface area contributed by atoms with E-state index in [1.54, 1.807) is 18.4 Å². The van der Waals surface area contributed by atoms with E-state index in [-0.39, 0.29) is 24.3 Å². The number of amides is 2. The number of carbonyl (C=O) groups excluding carboxylic acids is 2. The standard InChI is InChI=1S/C16H16N2O3/c1-11-4-6-12(7-5-11)18-15(19)9-14(16(18)20)17-10-13-3-2-8-21-13/h2-8,14,17H,9-10H2,1H3/p+1/t14-/m1/s1. The highest BCUT2D eigenvalue weighted by atomic mass is 16.3. The van der Waals surface area contributed by atoms with Crippen molar-refractivity contribution in [3.8, 4) is 0 Å². The molecule has 5 heteroatoms. The average molecular weight is 285 g/mol. The number of nitrogens with zero attached hydrogens (tertiary/aromatic N) is 1. The quantitative estimate of drug-likeness (QED) is 0.852. The van der Waals surface area contributed by atoms with Crippen molar-refractivity contribution in [2.75, 3.05) is 4.90 Å². The zero-order valence-corrected chi connectivity index (χ0v) is 11.8. The fourth-order valence-electron chi connectivity index (χ4n) is 2.49. The third-order valence-corrected chi connectivity index (χ3v) is 3.66. The molecule has 0 unspecified atom stereocenters. The fourth-order valence-corrected chi connectivity index (χ4v) is 2.49. The van der Waals surface area contributed by atoms with Crippen LogP contribution in [0.1, 0.15) is 17.7 Å². The molecular formula is C16H17N2O3+. The Morgan fingerprint density at radius 3 is 2.67 bits per heavy atom. The Morgan fingerprint density at radius 2 is 2.00 bits per heavy atom. The predicted molar refractivity (Wildman–Crippen MR) is 76.4 cm³/mol. The predicted octanol–water partition coefficient (Wildman–Crippen LogP) is 0.984. The second kappa shape index (κ2) is 5.54. The lowest BCUT2D eigenvalue weighted by atomic mass is 10.2. The lowest BCUT2D eigenvalue weighted by molar-refractivity contribution is -0.691. The molecule has 1 saturated heterocycles. The number of rotatable bonds is 4. The highest BCUT2D eigenvalue weighted by Gasteiger charge is 2.42. The molecule has 2 aromatic rings. The van der Waals surface area contributed by atoms with Crippen molar-refractivity contribution in [3.63, 3.8) is 0 Å². The molecule has 1 atom stereocenters. The molecule has 1 fully saturated rings. The zero-order valence-electron chi connectivity index (χ0n) is 11.8. The molecule has 3 rings (SSSR count). The smallest absolute Gasteiger partial charge is 0.292 e. The van der Waals surface area contributed by atoms with Crippen molar-refractivity contribution in [1.29, 1.82) is 0 Å². The van der Waals surface area contributed by atoms with Gasteiger partial charge in [-0.3, -0.25) is 9.59 Å². The van der Waals surface area contributed by atoms with Crippen LogP contribution in [0.25, 0.3) is 0 Å². The largest absolute Gasteiger partial charge is 0.463 e. The maximum atomic E-state index is 12.4. The fraction of sp³-hybridized carbons (Fsp3) is 0.250. The van der Waals surface area contributed by atoms with Gasteiger partial charge in [0.05, 0.1) is 18.4 Å². The van der Waals surface area contributed by atoms with Crippen molar-refractivity contribution in [2.24, 2.45) is 0 Å². The third kappa shape index (κ3) is 2.73. The summed E-state index contributed by atoms with van der Waals surface area (Å²) in [6.07, 6.45) is 1.83. The molecule has 5 nitrogen and oxygen atoms in total. The van der Waals surface area contributed by atoms with E-state index in [0.29, 0.717) is 12.2 Å². The van der Waals surface area contributed by atoms with E-state index < -0.39 is 0 Å². The number of aryl methyl sites for hydroxylation is 1. The summed E-state index contributed by atoms with van der Waals surface area (Å²) in [5, 5.41) is 1.85. The van der Waals surface area contributed by atoms with Gasteiger partial charge in [0.25, 0.3) is 5.91 Å². The molecule has 0 radical (unpaired) electrons. The molecule has 2 heterocycles.